The van der Waals surface area contributed by atoms with Crippen LogP contribution in [0.15, 0.2) is 61.2 Å². The molecule has 0 amide bonds. The number of aryl methyl sites for hydroxylation is 1. The highest BCUT2D eigenvalue weighted by Gasteiger charge is 2.48. The number of hydrogen-bond acceptors (Lipinski definition) is 7. The van der Waals surface area contributed by atoms with Crippen molar-refractivity contribution in [2.45, 2.75) is 74.9 Å². The fourth-order valence-electron chi connectivity index (χ4n) is 7.93. The largest absolute Gasteiger partial charge is 0.490 e. The van der Waals surface area contributed by atoms with E-state index in [0.29, 0.717) is 44.0 Å². The van der Waals surface area contributed by atoms with Gasteiger partial charge in [-0.2, -0.15) is 4.72 Å². The Balaban J connectivity index is 1.43. The van der Waals surface area contributed by atoms with Gasteiger partial charge in [0.2, 0.25) is 10.0 Å². The van der Waals surface area contributed by atoms with Crippen molar-refractivity contribution in [2.75, 3.05) is 37.8 Å². The van der Waals surface area contributed by atoms with Gasteiger partial charge in [0, 0.05) is 23.5 Å². The first-order valence-corrected chi connectivity index (χ1v) is 18.5. The van der Waals surface area contributed by atoms with Crippen molar-refractivity contribution < 1.29 is 28.1 Å². The van der Waals surface area contributed by atoms with Gasteiger partial charge in [0.25, 0.3) is 0 Å². The minimum absolute atomic E-state index is 0.0469. The molecule has 10 heteroatoms. The van der Waals surface area contributed by atoms with Gasteiger partial charge in [0.05, 0.1) is 30.8 Å². The molecule has 2 heterocycles. The first kappa shape index (κ1) is 33.5. The number of hydrogen-bond donors (Lipinski definition) is 3. The third kappa shape index (κ3) is 6.51. The highest BCUT2D eigenvalue weighted by Crippen LogP contribution is 2.48. The second kappa shape index (κ2) is 13.2. The van der Waals surface area contributed by atoms with Gasteiger partial charge < -0.3 is 24.6 Å². The minimum Gasteiger partial charge on any atom is -0.490 e. The monoisotopic (exact) mass is 670 g/mol. The number of ether oxygens (including phenoxy) is 2. The summed E-state index contributed by atoms with van der Waals surface area (Å²) in [5.41, 5.74) is 2.27. The lowest BCUT2D eigenvalue weighted by Crippen LogP contribution is -2.54. The molecule has 2 aliphatic carbocycles. The van der Waals surface area contributed by atoms with Gasteiger partial charge >= 0.3 is 0 Å². The van der Waals surface area contributed by atoms with E-state index < -0.39 is 27.1 Å². The number of nitrogens with one attached hydrogen (secondary N) is 1. The Morgan fingerprint density at radius 3 is 2.80 bits per heavy atom. The lowest BCUT2D eigenvalue weighted by molar-refractivity contribution is -0.0914. The van der Waals surface area contributed by atoms with Crippen molar-refractivity contribution in [3.63, 3.8) is 0 Å². The van der Waals surface area contributed by atoms with Crippen LogP contribution in [-0.2, 0) is 26.6 Å². The second-order valence-electron chi connectivity index (χ2n) is 14.0. The van der Waals surface area contributed by atoms with Crippen molar-refractivity contribution in [3.05, 3.63) is 82.9 Å². The summed E-state index contributed by atoms with van der Waals surface area (Å²) in [5.74, 6) is 0.564. The Morgan fingerprint density at radius 1 is 1.22 bits per heavy atom. The Hall–Kier alpha value is -2.40. The average molecular weight is 671 g/mol. The van der Waals surface area contributed by atoms with Gasteiger partial charge in [-0.3, -0.25) is 0 Å². The average Bonchev–Trinajstić information content (AvgIpc) is 3.15. The molecule has 1 saturated carbocycles. The summed E-state index contributed by atoms with van der Waals surface area (Å²) in [6, 6.07) is 11.6. The fraction of sp³-hybridized carbons (Fsp3) is 0.556. The number of anilines is 1. The Bertz CT molecular complexity index is 1580. The number of halogens is 1. The third-order valence-electron chi connectivity index (χ3n) is 10.9. The molecule has 4 aliphatic rings. The Kier molecular flexibility index (Phi) is 9.65. The van der Waals surface area contributed by atoms with Gasteiger partial charge in [0.1, 0.15) is 17.6 Å². The lowest BCUT2D eigenvalue weighted by Gasteiger charge is -2.49. The second-order valence-corrected chi connectivity index (χ2v) is 16.5. The number of sulfonamides is 1. The molecule has 6 rings (SSSR count). The number of rotatable bonds is 4. The van der Waals surface area contributed by atoms with E-state index in [-0.39, 0.29) is 29.8 Å². The molecule has 2 bridgehead atoms. The van der Waals surface area contributed by atoms with Crippen molar-refractivity contribution in [1.29, 1.82) is 0 Å². The summed E-state index contributed by atoms with van der Waals surface area (Å²) in [4.78, 5) is 2.35. The van der Waals surface area contributed by atoms with Crippen LogP contribution >= 0.6 is 11.6 Å². The molecule has 2 aromatic carbocycles. The van der Waals surface area contributed by atoms with Gasteiger partial charge in [-0.1, -0.05) is 48.9 Å². The summed E-state index contributed by atoms with van der Waals surface area (Å²) in [6.45, 7) is 9.58. The molecule has 7 atom stereocenters. The van der Waals surface area contributed by atoms with Gasteiger partial charge in [-0.05, 0) is 104 Å². The molecule has 46 heavy (non-hydrogen) atoms. The van der Waals surface area contributed by atoms with Crippen LogP contribution in [0.3, 0.4) is 0 Å². The highest BCUT2D eigenvalue weighted by atomic mass is 35.5. The van der Waals surface area contributed by atoms with Gasteiger partial charge in [-0.25, -0.2) is 8.42 Å². The molecule has 1 unspecified atom stereocenters. The van der Waals surface area contributed by atoms with Crippen molar-refractivity contribution in [3.8, 4) is 5.75 Å². The maximum Gasteiger partial charge on any atom is 0.216 e. The lowest BCUT2D eigenvalue weighted by atomic mass is 9.64. The van der Waals surface area contributed by atoms with E-state index in [2.05, 4.69) is 28.3 Å². The molecular formula is C36H47ClN2O6S. The summed E-state index contributed by atoms with van der Waals surface area (Å²) in [7, 11) is -3.88. The molecule has 1 fully saturated rings. The van der Waals surface area contributed by atoms with Crippen molar-refractivity contribution in [1.82, 2.24) is 4.72 Å². The molecule has 0 radical (unpaired) electrons. The molecule has 1 spiro atoms. The zero-order chi connectivity index (χ0) is 32.7. The van der Waals surface area contributed by atoms with Crippen LogP contribution in [0.25, 0.3) is 0 Å². The van der Waals surface area contributed by atoms with E-state index in [1.807, 2.05) is 37.3 Å². The Morgan fingerprint density at radius 2 is 2.04 bits per heavy atom. The maximum atomic E-state index is 13.4. The van der Waals surface area contributed by atoms with E-state index in [0.717, 1.165) is 42.8 Å². The standard InChI is InChI=1S/C36H47ClN2O6S/c1-4-17-44-23-36(41)16-5-7-24(2)25(3)46(42,43)38-34(40)27-10-14-33-32(19-27)39(20-28-9-12-31(28)36)21-35(22-45-33)15-6-8-26-18-29(37)11-13-30(26)35/h4-5,10-11,13-14,16,18-19,24-25,28,31,34,38,40-41H,1,6-9,12,15,17,20-23H2,2-3H3/b16-5+/t24-,25+,28-,31+,34?,35-,36-/m0/s1. The molecule has 3 N–H and O–H groups in total. The quantitative estimate of drug-likeness (QED) is 0.284. The predicted molar refractivity (Wildman–Crippen MR) is 182 cm³/mol. The van der Waals surface area contributed by atoms with Crippen molar-refractivity contribution in [2.24, 2.45) is 17.8 Å². The number of allylic oxidation sites excluding steroid dienone is 1. The number of aliphatic hydroxyl groups is 2. The summed E-state index contributed by atoms with van der Waals surface area (Å²) < 4.78 is 41.8. The predicted octanol–water partition coefficient (Wildman–Crippen LogP) is 5.67. The summed E-state index contributed by atoms with van der Waals surface area (Å²) in [5, 5.41) is 23.3. The van der Waals surface area contributed by atoms with Crippen LogP contribution in [0, 0.1) is 17.8 Å². The molecule has 0 saturated heterocycles. The first-order chi connectivity index (χ1) is 21.9. The van der Waals surface area contributed by atoms with Gasteiger partial charge in [0.15, 0.2) is 0 Å². The zero-order valence-corrected chi connectivity index (χ0v) is 28.4. The number of aliphatic hydroxyl groups excluding tert-OH is 1. The van der Waals surface area contributed by atoms with Crippen LogP contribution in [0.2, 0.25) is 5.02 Å². The van der Waals surface area contributed by atoms with Crippen LogP contribution in [-0.4, -0.2) is 62.4 Å². The fourth-order valence-corrected chi connectivity index (χ4v) is 9.51. The minimum atomic E-state index is -3.88. The number of fused-ring (bicyclic) bond motifs is 4. The smallest absolute Gasteiger partial charge is 0.216 e. The first-order valence-electron chi connectivity index (χ1n) is 16.5. The molecule has 0 aromatic heterocycles. The molecule has 2 aliphatic heterocycles. The van der Waals surface area contributed by atoms with E-state index in [4.69, 9.17) is 21.1 Å². The highest BCUT2D eigenvalue weighted by molar-refractivity contribution is 7.90. The van der Waals surface area contributed by atoms with Crippen LogP contribution in [0.5, 0.6) is 5.75 Å². The van der Waals surface area contributed by atoms with E-state index in [9.17, 15) is 18.6 Å². The molecule has 8 nitrogen and oxygen atoms in total. The van der Waals surface area contributed by atoms with Crippen LogP contribution in [0.4, 0.5) is 5.69 Å². The van der Waals surface area contributed by atoms with E-state index in [1.165, 1.54) is 11.1 Å². The SMILES string of the molecule is C=CCOC[C@@]1(O)/C=C/C[C@H](C)[C@@H](C)S(=O)(=O)NC(O)c2ccc3c(c2)N(C[C@@H]2CC[C@H]21)C[C@@]1(CCCc2cc(Cl)ccc21)CO3. The number of benzene rings is 2. The zero-order valence-electron chi connectivity index (χ0n) is 26.8. The topological polar surface area (TPSA) is 108 Å². The summed E-state index contributed by atoms with van der Waals surface area (Å²) in [6.07, 6.45) is 9.20. The Labute approximate surface area is 278 Å². The summed E-state index contributed by atoms with van der Waals surface area (Å²) >= 11 is 6.43. The van der Waals surface area contributed by atoms with Crippen LogP contribution < -0.4 is 14.4 Å². The molecule has 2 aromatic rings. The van der Waals surface area contributed by atoms with E-state index >= 15 is 0 Å². The van der Waals surface area contributed by atoms with E-state index in [1.54, 1.807) is 19.1 Å². The maximum absolute atomic E-state index is 13.4. The normalized spacial score (nSPS) is 34.7. The molecular weight excluding hydrogens is 624 g/mol. The van der Waals surface area contributed by atoms with Crippen molar-refractivity contribution >= 4 is 27.3 Å². The molecule has 250 valence electrons. The number of nitrogens with zero attached hydrogens (tertiary/aromatic N) is 1. The van der Waals surface area contributed by atoms with Crippen LogP contribution in [0.1, 0.15) is 68.9 Å². The van der Waals surface area contributed by atoms with Gasteiger partial charge in [-0.15, -0.1) is 6.58 Å². The third-order valence-corrected chi connectivity index (χ3v) is 13.2.